The van der Waals surface area contributed by atoms with Crippen LogP contribution in [0.25, 0.3) is 28.2 Å². The number of benzene rings is 3. The predicted octanol–water partition coefficient (Wildman–Crippen LogP) is 4.30. The van der Waals surface area contributed by atoms with Gasteiger partial charge in [0, 0.05) is 5.56 Å². The number of aromatic nitrogens is 3. The van der Waals surface area contributed by atoms with Crippen LogP contribution in [0.1, 0.15) is 10.4 Å². The summed E-state index contributed by atoms with van der Waals surface area (Å²) in [6.07, 6.45) is 1.63. The fourth-order valence-electron chi connectivity index (χ4n) is 2.75. The van der Waals surface area contributed by atoms with Crippen molar-refractivity contribution < 1.29 is 9.90 Å². The Morgan fingerprint density at radius 2 is 1.50 bits per heavy atom. The third-order valence-electron chi connectivity index (χ3n) is 4.10. The van der Waals surface area contributed by atoms with E-state index in [2.05, 4.69) is 22.2 Å². The second-order valence-electron chi connectivity index (χ2n) is 5.81. The number of carboxylic acid groups (broad SMARTS) is 1. The first-order valence-electron chi connectivity index (χ1n) is 8.12. The number of nitrogens with zero attached hydrogens (tertiary/aromatic N) is 3. The van der Waals surface area contributed by atoms with E-state index >= 15 is 0 Å². The van der Waals surface area contributed by atoms with Crippen LogP contribution in [0.5, 0.6) is 0 Å². The standard InChI is InChI=1S/C21H15N3O2/c25-21(26)18-8-4-7-17(13-18)20-22-14-24(23-20)19-11-9-16(10-12-19)15-5-2-1-3-6-15/h1-14H,(H,25,26). The zero-order valence-corrected chi connectivity index (χ0v) is 13.8. The molecule has 3 aromatic carbocycles. The molecule has 0 spiro atoms. The number of carbonyl (C=O) groups is 1. The molecule has 1 aromatic heterocycles. The van der Waals surface area contributed by atoms with Gasteiger partial charge in [-0.25, -0.2) is 14.5 Å². The Bertz CT molecular complexity index is 1050. The molecule has 0 radical (unpaired) electrons. The first-order chi connectivity index (χ1) is 12.7. The summed E-state index contributed by atoms with van der Waals surface area (Å²) in [6, 6.07) is 24.8. The fourth-order valence-corrected chi connectivity index (χ4v) is 2.75. The maximum atomic E-state index is 11.1. The molecule has 5 heteroatoms. The van der Waals surface area contributed by atoms with Crippen molar-refractivity contribution in [3.05, 3.63) is 90.8 Å². The lowest BCUT2D eigenvalue weighted by molar-refractivity contribution is 0.0697. The highest BCUT2D eigenvalue weighted by molar-refractivity contribution is 5.89. The lowest BCUT2D eigenvalue weighted by atomic mass is 10.1. The van der Waals surface area contributed by atoms with Gasteiger partial charge in [-0.05, 0) is 35.4 Å². The molecule has 0 saturated heterocycles. The second-order valence-corrected chi connectivity index (χ2v) is 5.81. The molecule has 5 nitrogen and oxygen atoms in total. The number of hydrogen-bond donors (Lipinski definition) is 1. The van der Waals surface area contributed by atoms with Crippen LogP contribution in [0.15, 0.2) is 85.2 Å². The molecule has 0 aliphatic heterocycles. The smallest absolute Gasteiger partial charge is 0.335 e. The maximum absolute atomic E-state index is 11.1. The van der Waals surface area contributed by atoms with Crippen LogP contribution in [0.3, 0.4) is 0 Å². The largest absolute Gasteiger partial charge is 0.478 e. The molecule has 0 bridgehead atoms. The molecule has 1 N–H and O–H groups in total. The molecule has 4 rings (SSSR count). The van der Waals surface area contributed by atoms with E-state index in [-0.39, 0.29) is 5.56 Å². The Morgan fingerprint density at radius 1 is 0.808 bits per heavy atom. The lowest BCUT2D eigenvalue weighted by Gasteiger charge is -2.04. The Morgan fingerprint density at radius 3 is 2.23 bits per heavy atom. The zero-order valence-electron chi connectivity index (χ0n) is 13.8. The Balaban J connectivity index is 1.62. The molecule has 126 valence electrons. The van der Waals surface area contributed by atoms with Crippen molar-refractivity contribution in [1.82, 2.24) is 14.8 Å². The highest BCUT2D eigenvalue weighted by Gasteiger charge is 2.09. The first-order valence-corrected chi connectivity index (χ1v) is 8.12. The van der Waals surface area contributed by atoms with Gasteiger partial charge in [0.25, 0.3) is 0 Å². The number of hydrogen-bond acceptors (Lipinski definition) is 3. The van der Waals surface area contributed by atoms with E-state index in [1.165, 1.54) is 0 Å². The van der Waals surface area contributed by atoms with Crippen molar-refractivity contribution in [2.75, 3.05) is 0 Å². The SMILES string of the molecule is O=C(O)c1cccc(-c2ncn(-c3ccc(-c4ccccc4)cc3)n2)c1. The van der Waals surface area contributed by atoms with Gasteiger partial charge in [0.1, 0.15) is 6.33 Å². The third kappa shape index (κ3) is 3.10. The van der Waals surface area contributed by atoms with Crippen molar-refractivity contribution in [3.63, 3.8) is 0 Å². The highest BCUT2D eigenvalue weighted by Crippen LogP contribution is 2.21. The van der Waals surface area contributed by atoms with Gasteiger partial charge in [-0.3, -0.25) is 0 Å². The quantitative estimate of drug-likeness (QED) is 0.601. The summed E-state index contributed by atoms with van der Waals surface area (Å²) in [5.41, 5.74) is 4.06. The van der Waals surface area contributed by atoms with E-state index in [0.29, 0.717) is 11.4 Å². The first kappa shape index (κ1) is 15.8. The van der Waals surface area contributed by atoms with Gasteiger partial charge >= 0.3 is 5.97 Å². The van der Waals surface area contributed by atoms with Crippen molar-refractivity contribution in [2.24, 2.45) is 0 Å². The normalized spacial score (nSPS) is 10.6. The maximum Gasteiger partial charge on any atom is 0.335 e. The molecule has 0 atom stereocenters. The molecule has 0 unspecified atom stereocenters. The van der Waals surface area contributed by atoms with E-state index in [1.807, 2.05) is 42.5 Å². The fraction of sp³-hybridized carbons (Fsp3) is 0. The van der Waals surface area contributed by atoms with Crippen LogP contribution in [-0.2, 0) is 0 Å². The van der Waals surface area contributed by atoms with E-state index in [0.717, 1.165) is 16.8 Å². The van der Waals surface area contributed by atoms with Crippen LogP contribution in [0.2, 0.25) is 0 Å². The summed E-state index contributed by atoms with van der Waals surface area (Å²) in [4.78, 5) is 15.4. The summed E-state index contributed by atoms with van der Waals surface area (Å²) in [6.45, 7) is 0. The topological polar surface area (TPSA) is 68.0 Å². The van der Waals surface area contributed by atoms with Gasteiger partial charge < -0.3 is 5.11 Å². The molecule has 0 aliphatic rings. The van der Waals surface area contributed by atoms with Gasteiger partial charge in [-0.2, -0.15) is 0 Å². The van der Waals surface area contributed by atoms with Crippen LogP contribution < -0.4 is 0 Å². The van der Waals surface area contributed by atoms with Crippen LogP contribution >= 0.6 is 0 Å². The van der Waals surface area contributed by atoms with Crippen molar-refractivity contribution in [1.29, 1.82) is 0 Å². The molecule has 0 saturated carbocycles. The highest BCUT2D eigenvalue weighted by atomic mass is 16.4. The Labute approximate surface area is 150 Å². The van der Waals surface area contributed by atoms with Gasteiger partial charge in [-0.15, -0.1) is 5.10 Å². The minimum Gasteiger partial charge on any atom is -0.478 e. The molecule has 4 aromatic rings. The average molecular weight is 341 g/mol. The monoisotopic (exact) mass is 341 g/mol. The van der Waals surface area contributed by atoms with Crippen LogP contribution in [0, 0.1) is 0 Å². The number of rotatable bonds is 4. The second kappa shape index (κ2) is 6.64. The van der Waals surface area contributed by atoms with E-state index < -0.39 is 5.97 Å². The van der Waals surface area contributed by atoms with Gasteiger partial charge in [-0.1, -0.05) is 54.6 Å². The molecular formula is C21H15N3O2. The minimum atomic E-state index is -0.970. The predicted molar refractivity (Wildman–Crippen MR) is 99.2 cm³/mol. The van der Waals surface area contributed by atoms with Crippen molar-refractivity contribution in [3.8, 4) is 28.2 Å². The molecule has 1 heterocycles. The Kier molecular flexibility index (Phi) is 4.03. The summed E-state index contributed by atoms with van der Waals surface area (Å²) in [7, 11) is 0. The van der Waals surface area contributed by atoms with Crippen molar-refractivity contribution in [2.45, 2.75) is 0 Å². The van der Waals surface area contributed by atoms with Gasteiger partial charge in [0.05, 0.1) is 11.3 Å². The lowest BCUT2D eigenvalue weighted by Crippen LogP contribution is -1.97. The molecular weight excluding hydrogens is 326 g/mol. The summed E-state index contributed by atoms with van der Waals surface area (Å²) in [5, 5.41) is 13.6. The Hall–Kier alpha value is -3.73. The number of aromatic carboxylic acids is 1. The summed E-state index contributed by atoms with van der Waals surface area (Å²) < 4.78 is 1.68. The van der Waals surface area contributed by atoms with E-state index in [4.69, 9.17) is 5.11 Å². The van der Waals surface area contributed by atoms with Crippen LogP contribution in [-0.4, -0.2) is 25.8 Å². The molecule has 0 fully saturated rings. The van der Waals surface area contributed by atoms with Crippen molar-refractivity contribution >= 4 is 5.97 Å². The minimum absolute atomic E-state index is 0.214. The van der Waals surface area contributed by atoms with Gasteiger partial charge in [0.2, 0.25) is 0 Å². The summed E-state index contributed by atoms with van der Waals surface area (Å²) >= 11 is 0. The molecule has 0 amide bonds. The molecule has 0 aliphatic carbocycles. The van der Waals surface area contributed by atoms with Crippen LogP contribution in [0.4, 0.5) is 0 Å². The summed E-state index contributed by atoms with van der Waals surface area (Å²) in [5.74, 6) is -0.483. The van der Waals surface area contributed by atoms with E-state index in [1.54, 1.807) is 35.3 Å². The average Bonchev–Trinajstić information content (AvgIpc) is 3.19. The molecule has 26 heavy (non-hydrogen) atoms. The zero-order chi connectivity index (χ0) is 17.9. The third-order valence-corrected chi connectivity index (χ3v) is 4.10. The van der Waals surface area contributed by atoms with E-state index in [9.17, 15) is 4.79 Å². The van der Waals surface area contributed by atoms with Gasteiger partial charge in [0.15, 0.2) is 5.82 Å². The number of carboxylic acids is 1.